The van der Waals surface area contributed by atoms with Gasteiger partial charge >= 0.3 is 5.97 Å². The van der Waals surface area contributed by atoms with Crippen molar-refractivity contribution in [2.75, 3.05) is 20.1 Å². The molecule has 0 amide bonds. The first-order valence-corrected chi connectivity index (χ1v) is 7.74. The SMILES string of the molecule is CCCNC(CC)(CCCN(C)C1CCC1)C(=O)O. The second kappa shape index (κ2) is 7.85. The standard InChI is InChI=1S/C15H30N2O2/c1-4-11-16-15(5-2,14(18)19)10-7-12-17(3)13-8-6-9-13/h13,16H,4-12H2,1-3H3,(H,18,19). The Morgan fingerprint density at radius 1 is 1.42 bits per heavy atom. The summed E-state index contributed by atoms with van der Waals surface area (Å²) in [5.41, 5.74) is -0.726. The predicted molar refractivity (Wildman–Crippen MR) is 78.5 cm³/mol. The van der Waals surface area contributed by atoms with E-state index in [0.717, 1.165) is 38.4 Å². The fraction of sp³-hybridized carbons (Fsp3) is 0.933. The van der Waals surface area contributed by atoms with E-state index in [1.807, 2.05) is 6.92 Å². The van der Waals surface area contributed by atoms with Crippen LogP contribution in [0.5, 0.6) is 0 Å². The van der Waals surface area contributed by atoms with Gasteiger partial charge in [-0.15, -0.1) is 0 Å². The molecule has 2 N–H and O–H groups in total. The largest absolute Gasteiger partial charge is 0.480 e. The number of hydrogen-bond acceptors (Lipinski definition) is 3. The fourth-order valence-electron chi connectivity index (χ4n) is 2.73. The third-order valence-corrected chi connectivity index (χ3v) is 4.54. The van der Waals surface area contributed by atoms with Crippen molar-refractivity contribution < 1.29 is 9.90 Å². The monoisotopic (exact) mass is 270 g/mol. The highest BCUT2D eigenvalue weighted by molar-refractivity contribution is 5.78. The lowest BCUT2D eigenvalue weighted by atomic mass is 9.89. The van der Waals surface area contributed by atoms with E-state index >= 15 is 0 Å². The van der Waals surface area contributed by atoms with Crippen LogP contribution in [-0.2, 0) is 4.79 Å². The van der Waals surface area contributed by atoms with Gasteiger partial charge in [0.2, 0.25) is 0 Å². The lowest BCUT2D eigenvalue weighted by Crippen LogP contribution is -2.52. The summed E-state index contributed by atoms with van der Waals surface area (Å²) in [5.74, 6) is -0.699. The number of carboxylic acid groups (broad SMARTS) is 1. The summed E-state index contributed by atoms with van der Waals surface area (Å²) in [7, 11) is 2.16. The lowest BCUT2D eigenvalue weighted by molar-refractivity contribution is -0.145. The van der Waals surface area contributed by atoms with Gasteiger partial charge < -0.3 is 15.3 Å². The molecule has 0 aliphatic heterocycles. The molecule has 4 nitrogen and oxygen atoms in total. The van der Waals surface area contributed by atoms with E-state index in [4.69, 9.17) is 0 Å². The molecule has 1 aliphatic rings. The van der Waals surface area contributed by atoms with Crippen molar-refractivity contribution in [3.05, 3.63) is 0 Å². The van der Waals surface area contributed by atoms with E-state index in [0.29, 0.717) is 6.42 Å². The first-order chi connectivity index (χ1) is 9.05. The average Bonchev–Trinajstić information content (AvgIpc) is 2.31. The Morgan fingerprint density at radius 3 is 2.53 bits per heavy atom. The van der Waals surface area contributed by atoms with Crippen LogP contribution >= 0.6 is 0 Å². The Morgan fingerprint density at radius 2 is 2.11 bits per heavy atom. The van der Waals surface area contributed by atoms with Gasteiger partial charge in [-0.05, 0) is 58.7 Å². The Bertz CT molecular complexity index is 279. The molecule has 0 bridgehead atoms. The molecular weight excluding hydrogens is 240 g/mol. The molecule has 4 heteroatoms. The third kappa shape index (κ3) is 4.46. The number of rotatable bonds is 10. The van der Waals surface area contributed by atoms with Crippen molar-refractivity contribution in [2.45, 2.75) is 70.4 Å². The molecule has 0 radical (unpaired) electrons. The highest BCUT2D eigenvalue weighted by Crippen LogP contribution is 2.25. The molecule has 0 aromatic carbocycles. The smallest absolute Gasteiger partial charge is 0.323 e. The fourth-order valence-corrected chi connectivity index (χ4v) is 2.73. The summed E-state index contributed by atoms with van der Waals surface area (Å²) in [4.78, 5) is 14.0. The molecule has 112 valence electrons. The van der Waals surface area contributed by atoms with Gasteiger partial charge in [0.15, 0.2) is 0 Å². The molecule has 0 heterocycles. The van der Waals surface area contributed by atoms with Gasteiger partial charge in [-0.2, -0.15) is 0 Å². The summed E-state index contributed by atoms with van der Waals surface area (Å²) in [6, 6.07) is 0.740. The average molecular weight is 270 g/mol. The molecule has 1 atom stereocenters. The Balaban J connectivity index is 2.40. The van der Waals surface area contributed by atoms with Gasteiger partial charge in [0, 0.05) is 6.04 Å². The van der Waals surface area contributed by atoms with Crippen molar-refractivity contribution in [3.8, 4) is 0 Å². The van der Waals surface area contributed by atoms with Crippen molar-refractivity contribution in [1.29, 1.82) is 0 Å². The minimum absolute atomic E-state index is 0.648. The Kier molecular flexibility index (Phi) is 6.80. The van der Waals surface area contributed by atoms with Crippen LogP contribution in [0.2, 0.25) is 0 Å². The van der Waals surface area contributed by atoms with Crippen molar-refractivity contribution >= 4 is 5.97 Å². The van der Waals surface area contributed by atoms with Crippen LogP contribution < -0.4 is 5.32 Å². The Hall–Kier alpha value is -0.610. The highest BCUT2D eigenvalue weighted by Gasteiger charge is 2.35. The van der Waals surface area contributed by atoms with Crippen LogP contribution in [-0.4, -0.2) is 47.7 Å². The maximum absolute atomic E-state index is 11.6. The summed E-state index contributed by atoms with van der Waals surface area (Å²) < 4.78 is 0. The van der Waals surface area contributed by atoms with Crippen LogP contribution in [0.4, 0.5) is 0 Å². The Labute approximate surface area is 117 Å². The quantitative estimate of drug-likeness (QED) is 0.640. The zero-order valence-electron chi connectivity index (χ0n) is 12.7. The maximum Gasteiger partial charge on any atom is 0.323 e. The summed E-state index contributed by atoms with van der Waals surface area (Å²) in [6.45, 7) is 5.82. The van der Waals surface area contributed by atoms with Crippen molar-refractivity contribution in [2.24, 2.45) is 0 Å². The van der Waals surface area contributed by atoms with E-state index < -0.39 is 11.5 Å². The van der Waals surface area contributed by atoms with E-state index in [9.17, 15) is 9.90 Å². The maximum atomic E-state index is 11.6. The molecule has 0 saturated heterocycles. The normalized spacial score (nSPS) is 19.2. The number of hydrogen-bond donors (Lipinski definition) is 2. The number of nitrogens with one attached hydrogen (secondary N) is 1. The summed E-state index contributed by atoms with van der Waals surface area (Å²) >= 11 is 0. The first-order valence-electron chi connectivity index (χ1n) is 7.74. The zero-order valence-corrected chi connectivity index (χ0v) is 12.7. The molecule has 1 aliphatic carbocycles. The third-order valence-electron chi connectivity index (χ3n) is 4.54. The lowest BCUT2D eigenvalue weighted by Gasteiger charge is -2.36. The molecule has 1 rings (SSSR count). The minimum atomic E-state index is -0.726. The molecule has 19 heavy (non-hydrogen) atoms. The van der Waals surface area contributed by atoms with E-state index in [1.54, 1.807) is 0 Å². The van der Waals surface area contributed by atoms with Gasteiger partial charge in [-0.25, -0.2) is 0 Å². The molecule has 0 aromatic rings. The predicted octanol–water partition coefficient (Wildman–Crippen LogP) is 2.48. The van der Waals surface area contributed by atoms with Crippen LogP contribution in [0.1, 0.15) is 58.8 Å². The number of aliphatic carboxylic acids is 1. The second-order valence-electron chi connectivity index (χ2n) is 5.84. The van der Waals surface area contributed by atoms with Gasteiger partial charge in [0.25, 0.3) is 0 Å². The topological polar surface area (TPSA) is 52.6 Å². The van der Waals surface area contributed by atoms with Crippen molar-refractivity contribution in [1.82, 2.24) is 10.2 Å². The molecule has 1 fully saturated rings. The van der Waals surface area contributed by atoms with E-state index in [1.165, 1.54) is 19.3 Å². The van der Waals surface area contributed by atoms with Crippen LogP contribution in [0.25, 0.3) is 0 Å². The van der Waals surface area contributed by atoms with E-state index in [2.05, 4.69) is 24.2 Å². The summed E-state index contributed by atoms with van der Waals surface area (Å²) in [5, 5.41) is 12.8. The van der Waals surface area contributed by atoms with Crippen LogP contribution in [0.15, 0.2) is 0 Å². The van der Waals surface area contributed by atoms with Gasteiger partial charge in [0.1, 0.15) is 5.54 Å². The number of nitrogens with zero attached hydrogens (tertiary/aromatic N) is 1. The number of carboxylic acids is 1. The minimum Gasteiger partial charge on any atom is -0.480 e. The molecule has 0 aromatic heterocycles. The van der Waals surface area contributed by atoms with Gasteiger partial charge in [-0.3, -0.25) is 4.79 Å². The van der Waals surface area contributed by atoms with Gasteiger partial charge in [-0.1, -0.05) is 20.3 Å². The molecule has 1 saturated carbocycles. The summed E-state index contributed by atoms with van der Waals surface area (Å²) in [6.07, 6.45) is 7.25. The second-order valence-corrected chi connectivity index (χ2v) is 5.84. The molecule has 0 spiro atoms. The van der Waals surface area contributed by atoms with Gasteiger partial charge in [0.05, 0.1) is 0 Å². The molecular formula is C15H30N2O2. The first kappa shape index (κ1) is 16.4. The molecule has 1 unspecified atom stereocenters. The van der Waals surface area contributed by atoms with Crippen molar-refractivity contribution in [3.63, 3.8) is 0 Å². The number of carbonyl (C=O) groups is 1. The zero-order chi connectivity index (χ0) is 14.3. The van der Waals surface area contributed by atoms with E-state index in [-0.39, 0.29) is 0 Å². The highest BCUT2D eigenvalue weighted by atomic mass is 16.4. The van der Waals surface area contributed by atoms with Crippen LogP contribution in [0, 0.1) is 0 Å². The van der Waals surface area contributed by atoms with Crippen LogP contribution in [0.3, 0.4) is 0 Å².